The highest BCUT2D eigenvalue weighted by molar-refractivity contribution is 7.99. The van der Waals surface area contributed by atoms with E-state index < -0.39 is 0 Å². The molecule has 1 heterocycles. The van der Waals surface area contributed by atoms with Gasteiger partial charge in [-0.1, -0.05) is 47.6 Å². The number of nitrogens with zero attached hydrogens (tertiary/aromatic N) is 3. The van der Waals surface area contributed by atoms with E-state index in [0.29, 0.717) is 16.0 Å². The van der Waals surface area contributed by atoms with Gasteiger partial charge in [-0.15, -0.1) is 10.2 Å². The first-order chi connectivity index (χ1) is 13.1. The van der Waals surface area contributed by atoms with Gasteiger partial charge >= 0.3 is 5.97 Å². The third-order valence-corrected chi connectivity index (χ3v) is 4.90. The van der Waals surface area contributed by atoms with Gasteiger partial charge < -0.3 is 9.47 Å². The first-order valence-corrected chi connectivity index (χ1v) is 9.53. The predicted molar refractivity (Wildman–Crippen MR) is 105 cm³/mol. The second-order valence-electron chi connectivity index (χ2n) is 5.63. The monoisotopic (exact) mass is 403 g/mol. The number of halogens is 1. The lowest BCUT2D eigenvalue weighted by Gasteiger charge is -2.12. The topological polar surface area (TPSA) is 66.2 Å². The number of carbonyl (C=O) groups excluding carboxylic acids is 1. The highest BCUT2D eigenvalue weighted by Gasteiger charge is 2.17. The Labute approximate surface area is 166 Å². The molecule has 0 radical (unpaired) electrons. The fourth-order valence-electron chi connectivity index (χ4n) is 2.40. The molecule has 0 atom stereocenters. The molecule has 0 N–H and O–H groups in total. The summed E-state index contributed by atoms with van der Waals surface area (Å²) in [6, 6.07) is 15.1. The van der Waals surface area contributed by atoms with Crippen molar-refractivity contribution in [3.05, 3.63) is 64.9 Å². The second-order valence-corrected chi connectivity index (χ2v) is 7.01. The van der Waals surface area contributed by atoms with Crippen LogP contribution in [0.15, 0.2) is 53.7 Å². The number of carbonyl (C=O) groups is 1. The average molecular weight is 404 g/mol. The highest BCUT2D eigenvalue weighted by atomic mass is 35.5. The van der Waals surface area contributed by atoms with E-state index >= 15 is 0 Å². The third kappa shape index (κ3) is 4.81. The summed E-state index contributed by atoms with van der Waals surface area (Å²) in [7, 11) is 1.35. The van der Waals surface area contributed by atoms with Crippen LogP contribution in [0.5, 0.6) is 5.75 Å². The summed E-state index contributed by atoms with van der Waals surface area (Å²) in [4.78, 5) is 11.5. The summed E-state index contributed by atoms with van der Waals surface area (Å²) in [6.07, 6.45) is 0. The van der Waals surface area contributed by atoms with Crippen LogP contribution in [0.2, 0.25) is 5.02 Å². The molecule has 3 aromatic rings. The van der Waals surface area contributed by atoms with Crippen molar-refractivity contribution in [2.24, 2.45) is 0 Å². The molecule has 0 bridgehead atoms. The Hall–Kier alpha value is -2.51. The zero-order valence-electron chi connectivity index (χ0n) is 14.9. The van der Waals surface area contributed by atoms with Gasteiger partial charge in [-0.3, -0.25) is 9.36 Å². The van der Waals surface area contributed by atoms with E-state index in [9.17, 15) is 4.79 Å². The maximum absolute atomic E-state index is 11.5. The number of hydrogen-bond donors (Lipinski definition) is 0. The molecule has 0 aliphatic carbocycles. The standard InChI is InChI=1S/C19H18ClN3O3S/c1-13-6-3-4-9-16(13)26-11-17-21-22-19(27-12-18(24)25-2)23(17)15-8-5-7-14(20)10-15/h3-10H,11-12H2,1-2H3. The van der Waals surface area contributed by atoms with Crippen molar-refractivity contribution in [3.8, 4) is 11.4 Å². The Morgan fingerprint density at radius 2 is 2.00 bits per heavy atom. The van der Waals surface area contributed by atoms with Crippen molar-refractivity contribution in [2.45, 2.75) is 18.7 Å². The molecule has 3 rings (SSSR count). The fraction of sp³-hybridized carbons (Fsp3) is 0.211. The van der Waals surface area contributed by atoms with Crippen molar-refractivity contribution in [1.29, 1.82) is 0 Å². The quantitative estimate of drug-likeness (QED) is 0.437. The molecule has 0 saturated carbocycles. The van der Waals surface area contributed by atoms with Crippen LogP contribution in [0.4, 0.5) is 0 Å². The van der Waals surface area contributed by atoms with E-state index in [1.54, 1.807) is 6.07 Å². The molecule has 0 spiro atoms. The number of thioether (sulfide) groups is 1. The molecule has 0 fully saturated rings. The molecule has 0 unspecified atom stereocenters. The van der Waals surface area contributed by atoms with E-state index in [-0.39, 0.29) is 18.3 Å². The molecular weight excluding hydrogens is 386 g/mol. The van der Waals surface area contributed by atoms with E-state index in [1.807, 2.05) is 54.0 Å². The van der Waals surface area contributed by atoms with Gasteiger partial charge in [0, 0.05) is 5.02 Å². The summed E-state index contributed by atoms with van der Waals surface area (Å²) in [6.45, 7) is 2.21. The Bertz CT molecular complexity index is 945. The van der Waals surface area contributed by atoms with Crippen molar-refractivity contribution >= 4 is 29.3 Å². The molecular formula is C19H18ClN3O3S. The molecule has 2 aromatic carbocycles. The molecule has 0 aliphatic rings. The molecule has 27 heavy (non-hydrogen) atoms. The number of para-hydroxylation sites is 1. The average Bonchev–Trinajstić information content (AvgIpc) is 3.08. The highest BCUT2D eigenvalue weighted by Crippen LogP contribution is 2.25. The van der Waals surface area contributed by atoms with Crippen molar-refractivity contribution in [1.82, 2.24) is 14.8 Å². The zero-order valence-corrected chi connectivity index (χ0v) is 16.5. The summed E-state index contributed by atoms with van der Waals surface area (Å²) in [5, 5.41) is 9.61. The number of rotatable bonds is 7. The van der Waals surface area contributed by atoms with Crippen LogP contribution in [0.25, 0.3) is 5.69 Å². The van der Waals surface area contributed by atoms with Crippen LogP contribution in [0, 0.1) is 6.92 Å². The summed E-state index contributed by atoms with van der Waals surface area (Å²) in [5.41, 5.74) is 1.83. The number of aromatic nitrogens is 3. The van der Waals surface area contributed by atoms with E-state index in [1.165, 1.54) is 18.9 Å². The fourth-order valence-corrected chi connectivity index (χ4v) is 3.39. The lowest BCUT2D eigenvalue weighted by atomic mass is 10.2. The maximum Gasteiger partial charge on any atom is 0.316 e. The number of hydrogen-bond acceptors (Lipinski definition) is 6. The van der Waals surface area contributed by atoms with Gasteiger partial charge in [0.2, 0.25) is 0 Å². The van der Waals surface area contributed by atoms with Gasteiger partial charge in [0.25, 0.3) is 0 Å². The van der Waals surface area contributed by atoms with Crippen LogP contribution in [0.3, 0.4) is 0 Å². The molecule has 6 nitrogen and oxygen atoms in total. The largest absolute Gasteiger partial charge is 0.485 e. The number of ether oxygens (including phenoxy) is 2. The van der Waals surface area contributed by atoms with Crippen LogP contribution < -0.4 is 4.74 Å². The van der Waals surface area contributed by atoms with Gasteiger partial charge in [-0.05, 0) is 36.8 Å². The third-order valence-electron chi connectivity index (χ3n) is 3.76. The summed E-state index contributed by atoms with van der Waals surface area (Å²) in [5.74, 6) is 1.18. The Morgan fingerprint density at radius 1 is 1.19 bits per heavy atom. The van der Waals surface area contributed by atoms with Crippen LogP contribution >= 0.6 is 23.4 Å². The van der Waals surface area contributed by atoms with Crippen LogP contribution in [0.1, 0.15) is 11.4 Å². The first-order valence-electron chi connectivity index (χ1n) is 8.16. The normalized spacial score (nSPS) is 10.6. The molecule has 0 saturated heterocycles. The molecule has 1 aromatic heterocycles. The van der Waals surface area contributed by atoms with E-state index in [0.717, 1.165) is 17.0 Å². The van der Waals surface area contributed by atoms with Gasteiger partial charge in [-0.2, -0.15) is 0 Å². The van der Waals surface area contributed by atoms with E-state index in [2.05, 4.69) is 10.2 Å². The summed E-state index contributed by atoms with van der Waals surface area (Å²) >= 11 is 7.39. The molecule has 140 valence electrons. The van der Waals surface area contributed by atoms with E-state index in [4.69, 9.17) is 21.1 Å². The first kappa shape index (κ1) is 19.3. The minimum atomic E-state index is -0.335. The lowest BCUT2D eigenvalue weighted by molar-refractivity contribution is -0.137. The van der Waals surface area contributed by atoms with Gasteiger partial charge in [0.05, 0.1) is 18.6 Å². The smallest absolute Gasteiger partial charge is 0.316 e. The SMILES string of the molecule is COC(=O)CSc1nnc(COc2ccccc2C)n1-c1cccc(Cl)c1. The number of benzene rings is 2. The molecule has 8 heteroatoms. The van der Waals surface area contributed by atoms with Crippen LogP contribution in [-0.2, 0) is 16.1 Å². The van der Waals surface area contributed by atoms with Crippen molar-refractivity contribution < 1.29 is 14.3 Å². The molecule has 0 amide bonds. The predicted octanol–water partition coefficient (Wildman–Crippen LogP) is 4.07. The maximum atomic E-state index is 11.5. The minimum absolute atomic E-state index is 0.133. The van der Waals surface area contributed by atoms with Crippen molar-refractivity contribution in [3.63, 3.8) is 0 Å². The summed E-state index contributed by atoms with van der Waals surface area (Å²) < 4.78 is 12.4. The Morgan fingerprint density at radius 3 is 2.74 bits per heavy atom. The van der Waals surface area contributed by atoms with Gasteiger partial charge in [-0.25, -0.2) is 0 Å². The minimum Gasteiger partial charge on any atom is -0.485 e. The van der Waals surface area contributed by atoms with Crippen molar-refractivity contribution in [2.75, 3.05) is 12.9 Å². The second kappa shape index (κ2) is 8.92. The number of aryl methyl sites for hydroxylation is 1. The van der Waals surface area contributed by atoms with Gasteiger partial charge in [0.15, 0.2) is 11.0 Å². The zero-order chi connectivity index (χ0) is 19.2. The lowest BCUT2D eigenvalue weighted by Crippen LogP contribution is -2.08. The molecule has 0 aliphatic heterocycles. The Balaban J connectivity index is 1.89. The Kier molecular flexibility index (Phi) is 6.36. The van der Waals surface area contributed by atoms with Crippen LogP contribution in [-0.4, -0.2) is 33.6 Å². The van der Waals surface area contributed by atoms with Gasteiger partial charge in [0.1, 0.15) is 12.4 Å². The number of esters is 1. The number of methoxy groups -OCH3 is 1.